The molecule has 0 fully saturated rings. The van der Waals surface area contributed by atoms with Gasteiger partial charge in [0.1, 0.15) is 17.5 Å². The number of carbonyl (C=O) groups excluding carboxylic acids is 1. The normalized spacial score (nSPS) is 12.0. The van der Waals surface area contributed by atoms with Crippen LogP contribution in [0.1, 0.15) is 23.6 Å². The van der Waals surface area contributed by atoms with Crippen molar-refractivity contribution in [2.75, 3.05) is 11.1 Å². The van der Waals surface area contributed by atoms with Gasteiger partial charge in [-0.2, -0.15) is 5.26 Å². The molecule has 1 aromatic carbocycles. The van der Waals surface area contributed by atoms with Crippen LogP contribution < -0.4 is 11.1 Å². The number of aromatic nitrogens is 2. The number of aryl methyl sites for hydroxylation is 1. The molecule has 1 amide bonds. The predicted octanol–water partition coefficient (Wildman–Crippen LogP) is 3.25. The summed E-state index contributed by atoms with van der Waals surface area (Å²) in [5.41, 5.74) is 12.9. The van der Waals surface area contributed by atoms with Crippen molar-refractivity contribution in [3.63, 3.8) is 0 Å². The van der Waals surface area contributed by atoms with Crippen molar-refractivity contribution in [1.82, 2.24) is 9.97 Å². The van der Waals surface area contributed by atoms with Crippen LogP contribution >= 0.6 is 0 Å². The number of anilines is 2. The van der Waals surface area contributed by atoms with Gasteiger partial charge in [0.05, 0.1) is 5.69 Å². The molecule has 0 radical (unpaired) electrons. The van der Waals surface area contributed by atoms with Crippen LogP contribution in [0, 0.1) is 11.3 Å². The molecule has 26 heavy (non-hydrogen) atoms. The summed E-state index contributed by atoms with van der Waals surface area (Å²) in [4.78, 5) is 19.0. The number of nitrogens with two attached hydrogens (primary N) is 1. The molecule has 0 atom stereocenters. The van der Waals surface area contributed by atoms with Gasteiger partial charge >= 0.3 is 0 Å². The summed E-state index contributed by atoms with van der Waals surface area (Å²) in [7, 11) is 0. The third kappa shape index (κ3) is 2.50. The number of nitrogens with zero attached hydrogens (tertiary/aromatic N) is 2. The van der Waals surface area contributed by atoms with E-state index in [2.05, 4.69) is 21.4 Å². The van der Waals surface area contributed by atoms with Gasteiger partial charge in [0, 0.05) is 35.6 Å². The third-order valence-corrected chi connectivity index (χ3v) is 4.63. The Hall–Kier alpha value is -3.59. The van der Waals surface area contributed by atoms with Crippen molar-refractivity contribution in [2.24, 2.45) is 0 Å². The molecule has 2 aromatic heterocycles. The highest BCUT2D eigenvalue weighted by atomic mass is 16.1. The number of H-pyrrole nitrogens is 1. The summed E-state index contributed by atoms with van der Waals surface area (Å²) < 4.78 is 0. The highest BCUT2D eigenvalue weighted by molar-refractivity contribution is 5.90. The zero-order valence-electron chi connectivity index (χ0n) is 14.3. The Morgan fingerprint density at radius 2 is 2.19 bits per heavy atom. The molecule has 1 aliphatic rings. The molecule has 4 N–H and O–H groups in total. The van der Waals surface area contributed by atoms with Gasteiger partial charge in [-0.25, -0.2) is 4.98 Å². The molecule has 4 rings (SSSR count). The molecule has 0 saturated heterocycles. The largest absolute Gasteiger partial charge is 0.383 e. The second kappa shape index (κ2) is 6.05. The Balaban J connectivity index is 1.93. The smallest absolute Gasteiger partial charge is 0.221 e. The summed E-state index contributed by atoms with van der Waals surface area (Å²) in [5.74, 6) is 0.130. The van der Waals surface area contributed by atoms with E-state index in [0.29, 0.717) is 5.56 Å². The molecule has 0 saturated carbocycles. The topological polar surface area (TPSA) is 108 Å². The van der Waals surface area contributed by atoms with Crippen LogP contribution in [0.15, 0.2) is 36.5 Å². The van der Waals surface area contributed by atoms with E-state index < -0.39 is 0 Å². The molecule has 6 heteroatoms. The van der Waals surface area contributed by atoms with Crippen LogP contribution in [0.4, 0.5) is 11.5 Å². The fourth-order valence-corrected chi connectivity index (χ4v) is 3.58. The number of nitriles is 1. The minimum Gasteiger partial charge on any atom is -0.383 e. The van der Waals surface area contributed by atoms with Crippen molar-refractivity contribution in [2.45, 2.75) is 19.8 Å². The van der Waals surface area contributed by atoms with Crippen molar-refractivity contribution < 1.29 is 4.79 Å². The van der Waals surface area contributed by atoms with Crippen molar-refractivity contribution in [3.8, 4) is 28.6 Å². The van der Waals surface area contributed by atoms with Crippen LogP contribution in [-0.2, 0) is 17.6 Å². The van der Waals surface area contributed by atoms with E-state index in [1.165, 1.54) is 6.92 Å². The molecule has 2 heterocycles. The van der Waals surface area contributed by atoms with Gasteiger partial charge < -0.3 is 16.0 Å². The Kier molecular flexibility index (Phi) is 3.70. The third-order valence-electron chi connectivity index (χ3n) is 4.63. The zero-order valence-corrected chi connectivity index (χ0v) is 14.3. The SMILES string of the molecule is CC(=O)Nc1ccc2c(c1)CCc1c-2nc(N)c(C#N)c1-c1ccc[nH]1. The number of benzene rings is 1. The first kappa shape index (κ1) is 15.9. The van der Waals surface area contributed by atoms with Gasteiger partial charge in [-0.05, 0) is 48.2 Å². The number of nitrogens with one attached hydrogen (secondary N) is 2. The molecule has 3 aromatic rings. The lowest BCUT2D eigenvalue weighted by molar-refractivity contribution is -0.114. The number of rotatable bonds is 2. The van der Waals surface area contributed by atoms with E-state index >= 15 is 0 Å². The van der Waals surface area contributed by atoms with Crippen LogP contribution in [0.5, 0.6) is 0 Å². The number of nitrogen functional groups attached to an aromatic ring is 1. The molecule has 0 spiro atoms. The zero-order chi connectivity index (χ0) is 18.3. The maximum atomic E-state index is 11.3. The summed E-state index contributed by atoms with van der Waals surface area (Å²) in [5, 5.41) is 12.4. The van der Waals surface area contributed by atoms with Crippen molar-refractivity contribution >= 4 is 17.4 Å². The average molecular weight is 343 g/mol. The Labute approximate surface area is 150 Å². The standard InChI is InChI=1S/C20H17N5O/c1-11(26)24-13-5-7-14-12(9-13)4-6-15-18(17-3-2-8-23-17)16(10-21)20(22)25-19(14)15/h2-3,5,7-9,23H,4,6H2,1H3,(H2,22,25)(H,24,26). The van der Waals surface area contributed by atoms with Crippen molar-refractivity contribution in [1.29, 1.82) is 5.26 Å². The lowest BCUT2D eigenvalue weighted by Gasteiger charge is -2.23. The number of amides is 1. The van der Waals surface area contributed by atoms with Gasteiger partial charge in [0.15, 0.2) is 0 Å². The Morgan fingerprint density at radius 3 is 2.88 bits per heavy atom. The second-order valence-corrected chi connectivity index (χ2v) is 6.32. The van der Waals surface area contributed by atoms with E-state index in [9.17, 15) is 10.1 Å². The molecular formula is C20H17N5O. The lowest BCUT2D eigenvalue weighted by atomic mass is 9.84. The summed E-state index contributed by atoms with van der Waals surface area (Å²) in [6.45, 7) is 1.49. The van der Waals surface area contributed by atoms with Gasteiger partial charge in [0.25, 0.3) is 0 Å². The predicted molar refractivity (Wildman–Crippen MR) is 100 cm³/mol. The summed E-state index contributed by atoms with van der Waals surface area (Å²) >= 11 is 0. The van der Waals surface area contributed by atoms with Crippen LogP contribution in [0.3, 0.4) is 0 Å². The molecule has 0 bridgehead atoms. The Morgan fingerprint density at radius 1 is 1.35 bits per heavy atom. The van der Waals surface area contributed by atoms with Crippen LogP contribution in [-0.4, -0.2) is 15.9 Å². The summed E-state index contributed by atoms with van der Waals surface area (Å²) in [6.07, 6.45) is 3.39. The number of pyridine rings is 1. The quantitative estimate of drug-likeness (QED) is 0.663. The first-order valence-electron chi connectivity index (χ1n) is 8.35. The Bertz CT molecular complexity index is 1060. The summed E-state index contributed by atoms with van der Waals surface area (Å²) in [6, 6.07) is 11.8. The molecule has 0 aliphatic heterocycles. The van der Waals surface area contributed by atoms with Gasteiger partial charge in [-0.15, -0.1) is 0 Å². The minimum absolute atomic E-state index is 0.101. The minimum atomic E-state index is -0.101. The van der Waals surface area contributed by atoms with E-state index in [1.807, 2.05) is 36.5 Å². The molecule has 6 nitrogen and oxygen atoms in total. The van der Waals surface area contributed by atoms with E-state index in [1.54, 1.807) is 0 Å². The first-order chi connectivity index (χ1) is 12.6. The van der Waals surface area contributed by atoms with Gasteiger partial charge in [-0.1, -0.05) is 6.07 Å². The van der Waals surface area contributed by atoms with Gasteiger partial charge in [0.2, 0.25) is 5.91 Å². The average Bonchev–Trinajstić information content (AvgIpc) is 3.14. The molecule has 128 valence electrons. The first-order valence-corrected chi connectivity index (χ1v) is 8.35. The number of aromatic amines is 1. The fourth-order valence-electron chi connectivity index (χ4n) is 3.58. The highest BCUT2D eigenvalue weighted by Crippen LogP contribution is 2.41. The van der Waals surface area contributed by atoms with Crippen molar-refractivity contribution in [3.05, 3.63) is 53.2 Å². The highest BCUT2D eigenvalue weighted by Gasteiger charge is 2.25. The number of fused-ring (bicyclic) bond motifs is 3. The number of hydrogen-bond donors (Lipinski definition) is 3. The van der Waals surface area contributed by atoms with E-state index in [4.69, 9.17) is 5.73 Å². The monoisotopic (exact) mass is 343 g/mol. The molecular weight excluding hydrogens is 326 g/mol. The van der Waals surface area contributed by atoms with E-state index in [-0.39, 0.29) is 11.7 Å². The molecule has 1 aliphatic carbocycles. The molecule has 0 unspecified atom stereocenters. The maximum absolute atomic E-state index is 11.3. The number of hydrogen-bond acceptors (Lipinski definition) is 4. The maximum Gasteiger partial charge on any atom is 0.221 e. The second-order valence-electron chi connectivity index (χ2n) is 6.32. The number of carbonyl (C=O) groups is 1. The lowest BCUT2D eigenvalue weighted by Crippen LogP contribution is -2.13. The van der Waals surface area contributed by atoms with E-state index in [0.717, 1.165) is 52.2 Å². The van der Waals surface area contributed by atoms with Crippen LogP contribution in [0.2, 0.25) is 0 Å². The fraction of sp³-hybridized carbons (Fsp3) is 0.150. The van der Waals surface area contributed by atoms with Gasteiger partial charge in [-0.3, -0.25) is 4.79 Å². The van der Waals surface area contributed by atoms with Crippen LogP contribution in [0.25, 0.3) is 22.5 Å².